The van der Waals surface area contributed by atoms with Gasteiger partial charge in [0.1, 0.15) is 11.9 Å². The average molecular weight is 421 g/mol. The predicted molar refractivity (Wildman–Crippen MR) is 104 cm³/mol. The number of hydrogen-bond donors (Lipinski definition) is 0. The van der Waals surface area contributed by atoms with Crippen LogP contribution in [0.2, 0.25) is 0 Å². The molecule has 0 saturated carbocycles. The van der Waals surface area contributed by atoms with Crippen molar-refractivity contribution < 1.29 is 17.9 Å². The van der Waals surface area contributed by atoms with Crippen LogP contribution in [0.15, 0.2) is 35.4 Å². The van der Waals surface area contributed by atoms with Crippen molar-refractivity contribution in [3.63, 3.8) is 0 Å². The second-order valence-electron chi connectivity index (χ2n) is 8.05. The Labute approximate surface area is 171 Å². The molecule has 2 aromatic rings. The molecule has 160 valence electrons. The van der Waals surface area contributed by atoms with Crippen LogP contribution in [0.5, 0.6) is 0 Å². The molecule has 0 N–H and O–H groups in total. The molecule has 5 rings (SSSR count). The molecule has 3 aliphatic heterocycles. The summed E-state index contributed by atoms with van der Waals surface area (Å²) in [6, 6.07) is 3.48. The number of ether oxygens (including phenoxy) is 1. The van der Waals surface area contributed by atoms with Gasteiger partial charge in [-0.2, -0.15) is 18.2 Å². The Morgan fingerprint density at radius 1 is 1.30 bits per heavy atom. The molecule has 0 aliphatic carbocycles. The van der Waals surface area contributed by atoms with Gasteiger partial charge in [0.2, 0.25) is 5.95 Å². The molecule has 7 nitrogen and oxygen atoms in total. The van der Waals surface area contributed by atoms with Crippen LogP contribution in [0, 0.1) is 0 Å². The van der Waals surface area contributed by atoms with E-state index < -0.39 is 12.2 Å². The second kappa shape index (κ2) is 7.26. The average Bonchev–Trinajstić information content (AvgIpc) is 3.35. The Morgan fingerprint density at radius 3 is 2.83 bits per heavy atom. The first-order valence-corrected chi connectivity index (χ1v) is 10.1. The molecule has 3 aliphatic rings. The van der Waals surface area contributed by atoms with E-state index in [0.717, 1.165) is 12.0 Å². The smallest absolute Gasteiger partial charge is 0.374 e. The van der Waals surface area contributed by atoms with Crippen molar-refractivity contribution in [1.82, 2.24) is 14.5 Å². The lowest BCUT2D eigenvalue weighted by Gasteiger charge is -2.39. The third kappa shape index (κ3) is 3.42. The predicted octanol–water partition coefficient (Wildman–Crippen LogP) is 2.00. The van der Waals surface area contributed by atoms with E-state index in [0.29, 0.717) is 25.4 Å². The van der Waals surface area contributed by atoms with E-state index in [1.165, 1.54) is 15.5 Å². The highest BCUT2D eigenvalue weighted by Gasteiger charge is 2.47. The number of pyridine rings is 1. The number of alkyl halides is 3. The first kappa shape index (κ1) is 19.3. The largest absolute Gasteiger partial charge is 0.408 e. The molecule has 2 aromatic heterocycles. The number of aromatic nitrogens is 3. The van der Waals surface area contributed by atoms with E-state index in [9.17, 15) is 18.0 Å². The summed E-state index contributed by atoms with van der Waals surface area (Å²) in [5.74, 6) is 0.537. The van der Waals surface area contributed by atoms with Crippen LogP contribution >= 0.6 is 0 Å². The Hall–Kier alpha value is -2.62. The van der Waals surface area contributed by atoms with Crippen LogP contribution in [-0.4, -0.2) is 58.6 Å². The number of hydrogen-bond acceptors (Lipinski definition) is 6. The Kier molecular flexibility index (Phi) is 4.68. The fourth-order valence-corrected chi connectivity index (χ4v) is 4.68. The molecule has 2 saturated heterocycles. The monoisotopic (exact) mass is 421 g/mol. The fourth-order valence-electron chi connectivity index (χ4n) is 4.68. The van der Waals surface area contributed by atoms with Gasteiger partial charge in [-0.1, -0.05) is 6.07 Å². The Balaban J connectivity index is 1.51. The van der Waals surface area contributed by atoms with Crippen molar-refractivity contribution in [1.29, 1.82) is 0 Å². The summed E-state index contributed by atoms with van der Waals surface area (Å²) in [5.41, 5.74) is 0.522. The van der Waals surface area contributed by atoms with E-state index >= 15 is 0 Å². The number of fused-ring (bicyclic) bond motifs is 3. The maximum Gasteiger partial charge on any atom is 0.408 e. The second-order valence-corrected chi connectivity index (χ2v) is 8.05. The van der Waals surface area contributed by atoms with Crippen molar-refractivity contribution in [2.75, 3.05) is 29.5 Å². The van der Waals surface area contributed by atoms with Gasteiger partial charge >= 0.3 is 6.18 Å². The summed E-state index contributed by atoms with van der Waals surface area (Å²) in [6.45, 7) is 1.27. The van der Waals surface area contributed by atoms with Crippen molar-refractivity contribution in [2.24, 2.45) is 0 Å². The molecule has 0 aromatic carbocycles. The molecule has 0 radical (unpaired) electrons. The zero-order valence-electron chi connectivity index (χ0n) is 16.3. The van der Waals surface area contributed by atoms with E-state index in [1.54, 1.807) is 18.5 Å². The molecule has 0 unspecified atom stereocenters. The number of halogens is 3. The summed E-state index contributed by atoms with van der Waals surface area (Å²) >= 11 is 0. The van der Waals surface area contributed by atoms with Crippen LogP contribution in [0.4, 0.5) is 24.9 Å². The topological polar surface area (TPSA) is 63.5 Å². The van der Waals surface area contributed by atoms with Gasteiger partial charge in [-0.3, -0.25) is 14.3 Å². The molecule has 0 amide bonds. The van der Waals surface area contributed by atoms with Crippen LogP contribution in [0.3, 0.4) is 0 Å². The summed E-state index contributed by atoms with van der Waals surface area (Å²) in [7, 11) is 0. The molecule has 30 heavy (non-hydrogen) atoms. The van der Waals surface area contributed by atoms with Crippen molar-refractivity contribution >= 4 is 11.8 Å². The molecule has 3 atom stereocenters. The Morgan fingerprint density at radius 2 is 2.17 bits per heavy atom. The van der Waals surface area contributed by atoms with Gasteiger partial charge in [-0.05, 0) is 30.9 Å². The molecule has 2 bridgehead atoms. The van der Waals surface area contributed by atoms with Crippen LogP contribution in [-0.2, 0) is 17.7 Å². The maximum atomic E-state index is 13.8. The van der Waals surface area contributed by atoms with Crippen LogP contribution < -0.4 is 15.4 Å². The third-order valence-corrected chi connectivity index (χ3v) is 6.17. The van der Waals surface area contributed by atoms with Gasteiger partial charge in [0.15, 0.2) is 0 Å². The quantitative estimate of drug-likeness (QED) is 0.753. The number of nitrogens with zero attached hydrogens (tertiary/aromatic N) is 5. The highest BCUT2D eigenvalue weighted by Crippen LogP contribution is 2.36. The molecule has 2 fully saturated rings. The van der Waals surface area contributed by atoms with Crippen LogP contribution in [0.25, 0.3) is 0 Å². The summed E-state index contributed by atoms with van der Waals surface area (Å²) < 4.78 is 48.5. The van der Waals surface area contributed by atoms with E-state index in [-0.39, 0.29) is 43.2 Å². The zero-order chi connectivity index (χ0) is 20.9. The lowest BCUT2D eigenvalue weighted by atomic mass is 10.1. The summed E-state index contributed by atoms with van der Waals surface area (Å²) in [6.07, 6.45) is 0.0175. The summed E-state index contributed by atoms with van der Waals surface area (Å²) in [5, 5.41) is 0. The lowest BCUT2D eigenvalue weighted by molar-refractivity contribution is -0.152. The van der Waals surface area contributed by atoms with Gasteiger partial charge in [-0.25, -0.2) is 0 Å². The van der Waals surface area contributed by atoms with Crippen LogP contribution in [0.1, 0.15) is 18.4 Å². The molecular formula is C20H22F3N5O2. The van der Waals surface area contributed by atoms with Gasteiger partial charge in [0, 0.05) is 38.1 Å². The van der Waals surface area contributed by atoms with Crippen molar-refractivity contribution in [3.8, 4) is 0 Å². The minimum absolute atomic E-state index is 0.00415. The van der Waals surface area contributed by atoms with E-state index in [4.69, 9.17) is 4.74 Å². The van der Waals surface area contributed by atoms with E-state index in [2.05, 4.69) is 9.97 Å². The van der Waals surface area contributed by atoms with Gasteiger partial charge in [0.05, 0.1) is 18.8 Å². The third-order valence-electron chi connectivity index (χ3n) is 6.17. The minimum atomic E-state index is -4.41. The molecule has 0 spiro atoms. The maximum absolute atomic E-state index is 13.8. The van der Waals surface area contributed by atoms with Gasteiger partial charge in [-0.15, -0.1) is 0 Å². The first-order valence-electron chi connectivity index (χ1n) is 10.1. The number of morpholine rings is 1. The Bertz CT molecular complexity index is 981. The summed E-state index contributed by atoms with van der Waals surface area (Å²) in [4.78, 5) is 24.6. The lowest BCUT2D eigenvalue weighted by Crippen LogP contribution is -2.53. The fraction of sp³-hybridized carbons (Fsp3) is 0.550. The standard InChI is InChI=1S/C20H22F3N5O2/c21-20(22,23)16-4-7-27-18(29)9-17(28-11-15-8-14(28)12-30-15)25-19(27)26(16)6-3-13-2-1-5-24-10-13/h1-2,5,9-10,14-16H,3-4,6-8,11-12H2/t14-,15+,16-/m0/s1. The number of anilines is 2. The van der Waals surface area contributed by atoms with Gasteiger partial charge in [0.25, 0.3) is 5.56 Å². The van der Waals surface area contributed by atoms with Gasteiger partial charge < -0.3 is 14.5 Å². The zero-order valence-corrected chi connectivity index (χ0v) is 16.3. The molecule has 10 heteroatoms. The van der Waals surface area contributed by atoms with Crippen molar-refractivity contribution in [3.05, 3.63) is 46.5 Å². The molecule has 5 heterocycles. The minimum Gasteiger partial charge on any atom is -0.374 e. The van der Waals surface area contributed by atoms with E-state index in [1.807, 2.05) is 11.0 Å². The first-order chi connectivity index (χ1) is 14.4. The highest BCUT2D eigenvalue weighted by atomic mass is 19.4. The number of rotatable bonds is 4. The highest BCUT2D eigenvalue weighted by molar-refractivity contribution is 5.49. The normalized spacial score (nSPS) is 25.6. The molecular weight excluding hydrogens is 399 g/mol. The SMILES string of the molecule is O=c1cc(N2C[C@H]3C[C@H]2CO3)nc2n1CC[C@@H](C(F)(F)F)N2CCc1cccnc1. The van der Waals surface area contributed by atoms with Crippen molar-refractivity contribution in [2.45, 2.75) is 50.2 Å².